The largest absolute Gasteiger partial charge is 0.302 e. The van der Waals surface area contributed by atoms with Crippen LogP contribution < -0.4 is 4.90 Å². The van der Waals surface area contributed by atoms with Crippen LogP contribution >= 0.6 is 27.3 Å². The van der Waals surface area contributed by atoms with Gasteiger partial charge in [0.15, 0.2) is 5.13 Å². The molecule has 1 heterocycles. The molecule has 0 saturated heterocycles. The van der Waals surface area contributed by atoms with Gasteiger partial charge >= 0.3 is 0 Å². The van der Waals surface area contributed by atoms with Crippen molar-refractivity contribution in [1.82, 2.24) is 9.88 Å². The minimum atomic E-state index is -0.0137. The number of anilines is 1. The van der Waals surface area contributed by atoms with Crippen molar-refractivity contribution in [2.24, 2.45) is 0 Å². The first-order valence-electron chi connectivity index (χ1n) is 9.19. The molecule has 0 bridgehead atoms. The van der Waals surface area contributed by atoms with E-state index in [4.69, 9.17) is 4.98 Å². The lowest BCUT2D eigenvalue weighted by molar-refractivity contribution is 0.0983. The molecule has 1 aromatic heterocycles. The van der Waals surface area contributed by atoms with Gasteiger partial charge in [0.25, 0.3) is 5.91 Å². The Morgan fingerprint density at radius 3 is 2.52 bits per heavy atom. The van der Waals surface area contributed by atoms with E-state index in [1.165, 1.54) is 0 Å². The van der Waals surface area contributed by atoms with E-state index in [2.05, 4.69) is 53.7 Å². The highest BCUT2D eigenvalue weighted by molar-refractivity contribution is 9.10. The smallest absolute Gasteiger partial charge is 0.260 e. The zero-order valence-corrected chi connectivity index (χ0v) is 18.3. The lowest BCUT2D eigenvalue weighted by Crippen LogP contribution is -2.38. The summed E-state index contributed by atoms with van der Waals surface area (Å²) in [6.45, 7) is 9.72. The third-order valence-corrected chi connectivity index (χ3v) is 6.23. The van der Waals surface area contributed by atoms with Gasteiger partial charge in [-0.05, 0) is 49.8 Å². The van der Waals surface area contributed by atoms with E-state index in [1.54, 1.807) is 11.3 Å². The number of carbonyl (C=O) groups excluding carboxylic acids is 1. The maximum Gasteiger partial charge on any atom is 0.260 e. The molecule has 3 rings (SSSR count). The fourth-order valence-electron chi connectivity index (χ4n) is 3.03. The zero-order chi connectivity index (χ0) is 19.4. The molecule has 4 nitrogen and oxygen atoms in total. The van der Waals surface area contributed by atoms with Gasteiger partial charge in [-0.15, -0.1) is 0 Å². The summed E-state index contributed by atoms with van der Waals surface area (Å²) in [4.78, 5) is 22.2. The van der Waals surface area contributed by atoms with Crippen LogP contribution in [0.4, 0.5) is 5.13 Å². The normalized spacial score (nSPS) is 11.3. The van der Waals surface area contributed by atoms with Gasteiger partial charge in [0.1, 0.15) is 0 Å². The van der Waals surface area contributed by atoms with Crippen LogP contribution in [0.3, 0.4) is 0 Å². The van der Waals surface area contributed by atoms with Gasteiger partial charge in [-0.25, -0.2) is 4.98 Å². The molecule has 0 N–H and O–H groups in total. The van der Waals surface area contributed by atoms with Gasteiger partial charge in [0.05, 0.1) is 10.2 Å². The van der Waals surface area contributed by atoms with Crippen LogP contribution in [0.2, 0.25) is 0 Å². The average molecular weight is 446 g/mol. The number of aryl methyl sites for hydroxylation is 1. The summed E-state index contributed by atoms with van der Waals surface area (Å²) in [7, 11) is 0. The number of aromatic nitrogens is 1. The number of para-hydroxylation sites is 1. The van der Waals surface area contributed by atoms with Crippen LogP contribution in [-0.2, 0) is 0 Å². The lowest BCUT2D eigenvalue weighted by atomic mass is 10.2. The molecule has 0 aliphatic rings. The van der Waals surface area contributed by atoms with Crippen LogP contribution in [0.15, 0.2) is 46.9 Å². The van der Waals surface area contributed by atoms with Crippen LogP contribution in [0.25, 0.3) is 10.2 Å². The van der Waals surface area contributed by atoms with Gasteiger partial charge < -0.3 is 4.90 Å². The lowest BCUT2D eigenvalue weighted by Gasteiger charge is -2.24. The van der Waals surface area contributed by atoms with Crippen molar-refractivity contribution in [1.29, 1.82) is 0 Å². The van der Waals surface area contributed by atoms with E-state index in [1.807, 2.05) is 35.2 Å². The first kappa shape index (κ1) is 20.0. The van der Waals surface area contributed by atoms with Gasteiger partial charge in [0, 0.05) is 23.1 Å². The standard InChI is InChI=1S/C21H24BrN3OS/c1-4-24(5-2)12-13-25(20(26)16-9-7-10-17(22)14-16)21-23-19-15(3)8-6-11-18(19)27-21/h6-11,14H,4-5,12-13H2,1-3H3. The molecule has 0 atom stereocenters. The third kappa shape index (κ3) is 4.57. The summed E-state index contributed by atoms with van der Waals surface area (Å²) in [6, 6.07) is 13.7. The van der Waals surface area contributed by atoms with Crippen LogP contribution in [0, 0.1) is 6.92 Å². The molecule has 142 valence electrons. The predicted molar refractivity (Wildman–Crippen MR) is 118 cm³/mol. The molecule has 0 spiro atoms. The Hall–Kier alpha value is -1.76. The third-order valence-electron chi connectivity index (χ3n) is 4.69. The topological polar surface area (TPSA) is 36.4 Å². The molecule has 27 heavy (non-hydrogen) atoms. The quantitative estimate of drug-likeness (QED) is 0.491. The molecule has 0 saturated carbocycles. The Balaban J connectivity index is 1.97. The van der Waals surface area contributed by atoms with Gasteiger partial charge in [0.2, 0.25) is 0 Å². The summed E-state index contributed by atoms with van der Waals surface area (Å²) in [5.74, 6) is -0.0137. The molecule has 1 amide bonds. The average Bonchev–Trinajstić information content (AvgIpc) is 3.10. The Kier molecular flexibility index (Phi) is 6.63. The number of nitrogens with zero attached hydrogens (tertiary/aromatic N) is 3. The SMILES string of the molecule is CCN(CC)CCN(C(=O)c1cccc(Br)c1)c1nc2c(C)cccc2s1. The molecular weight excluding hydrogens is 422 g/mol. The second kappa shape index (κ2) is 8.95. The van der Waals surface area contributed by atoms with Crippen molar-refractivity contribution < 1.29 is 4.79 Å². The molecule has 3 aromatic rings. The number of benzene rings is 2. The fourth-order valence-corrected chi connectivity index (χ4v) is 4.50. The molecule has 6 heteroatoms. The van der Waals surface area contributed by atoms with Crippen molar-refractivity contribution in [3.63, 3.8) is 0 Å². The summed E-state index contributed by atoms with van der Waals surface area (Å²) in [6.07, 6.45) is 0. The van der Waals surface area contributed by atoms with E-state index in [9.17, 15) is 4.79 Å². The second-order valence-electron chi connectivity index (χ2n) is 6.41. The van der Waals surface area contributed by atoms with Crippen LogP contribution in [0.5, 0.6) is 0 Å². The number of fused-ring (bicyclic) bond motifs is 1. The Labute approximate surface area is 172 Å². The maximum absolute atomic E-state index is 13.3. The van der Waals surface area contributed by atoms with E-state index in [0.29, 0.717) is 12.1 Å². The van der Waals surface area contributed by atoms with Crippen molar-refractivity contribution in [2.45, 2.75) is 20.8 Å². The highest BCUT2D eigenvalue weighted by Crippen LogP contribution is 2.31. The molecule has 0 aliphatic heterocycles. The van der Waals surface area contributed by atoms with Gasteiger partial charge in [-0.1, -0.05) is 59.3 Å². The zero-order valence-electron chi connectivity index (χ0n) is 15.9. The minimum absolute atomic E-state index is 0.0137. The Morgan fingerprint density at radius 2 is 1.85 bits per heavy atom. The summed E-state index contributed by atoms with van der Waals surface area (Å²) in [5.41, 5.74) is 2.78. The number of amides is 1. The highest BCUT2D eigenvalue weighted by Gasteiger charge is 2.22. The number of hydrogen-bond donors (Lipinski definition) is 0. The van der Waals surface area contributed by atoms with Gasteiger partial charge in [-0.2, -0.15) is 0 Å². The summed E-state index contributed by atoms with van der Waals surface area (Å²) in [5, 5.41) is 0.761. The molecule has 0 radical (unpaired) electrons. The van der Waals surface area contributed by atoms with Crippen LogP contribution in [-0.4, -0.2) is 42.0 Å². The molecule has 0 fully saturated rings. The number of halogens is 1. The number of thiazole rings is 1. The van der Waals surface area contributed by atoms with Crippen LogP contribution in [0.1, 0.15) is 29.8 Å². The summed E-state index contributed by atoms with van der Waals surface area (Å²) < 4.78 is 2.01. The van der Waals surface area contributed by atoms with E-state index < -0.39 is 0 Å². The monoisotopic (exact) mass is 445 g/mol. The van der Waals surface area contributed by atoms with E-state index in [-0.39, 0.29) is 5.91 Å². The van der Waals surface area contributed by atoms with Gasteiger partial charge in [-0.3, -0.25) is 9.69 Å². The van der Waals surface area contributed by atoms with Crippen molar-refractivity contribution in [3.05, 3.63) is 58.1 Å². The van der Waals surface area contributed by atoms with Crippen molar-refractivity contribution in [2.75, 3.05) is 31.1 Å². The number of likely N-dealkylation sites (N-methyl/N-ethyl adjacent to an activating group) is 1. The molecule has 0 aliphatic carbocycles. The maximum atomic E-state index is 13.3. The molecular formula is C21H24BrN3OS. The first-order chi connectivity index (χ1) is 13.0. The summed E-state index contributed by atoms with van der Waals surface area (Å²) >= 11 is 5.04. The van der Waals surface area contributed by atoms with E-state index >= 15 is 0 Å². The Morgan fingerprint density at radius 1 is 1.11 bits per heavy atom. The fraction of sp³-hybridized carbons (Fsp3) is 0.333. The first-order valence-corrected chi connectivity index (χ1v) is 10.8. The van der Waals surface area contributed by atoms with Crippen molar-refractivity contribution in [3.8, 4) is 0 Å². The molecule has 2 aromatic carbocycles. The number of hydrogen-bond acceptors (Lipinski definition) is 4. The van der Waals surface area contributed by atoms with E-state index in [0.717, 1.165) is 45.0 Å². The number of rotatable bonds is 7. The highest BCUT2D eigenvalue weighted by atomic mass is 79.9. The second-order valence-corrected chi connectivity index (χ2v) is 8.34. The van der Waals surface area contributed by atoms with Crippen molar-refractivity contribution >= 4 is 48.5 Å². The minimum Gasteiger partial charge on any atom is -0.302 e. The predicted octanol–water partition coefficient (Wildman–Crippen LogP) is 5.36. The Bertz CT molecular complexity index is 936. The molecule has 0 unspecified atom stereocenters. The number of carbonyl (C=O) groups is 1.